The molecule has 5 nitrogen and oxygen atoms in total. The summed E-state index contributed by atoms with van der Waals surface area (Å²) in [6.45, 7) is 7.63. The van der Waals surface area contributed by atoms with Crippen LogP contribution in [0.2, 0.25) is 0 Å². The van der Waals surface area contributed by atoms with Gasteiger partial charge in [-0.25, -0.2) is 4.85 Å². The lowest BCUT2D eigenvalue weighted by molar-refractivity contribution is 1.18. The molecule has 0 atom stereocenters. The average molecular weight is 636 g/mol. The molecule has 230 valence electrons. The third kappa shape index (κ3) is 4.31. The van der Waals surface area contributed by atoms with E-state index in [4.69, 9.17) is 6.57 Å². The van der Waals surface area contributed by atoms with Gasteiger partial charge in [-0.2, -0.15) is 10.5 Å². The van der Waals surface area contributed by atoms with E-state index in [1.165, 1.54) is 10.8 Å². The second kappa shape index (κ2) is 11.4. The minimum Gasteiger partial charge on any atom is -0.311 e. The maximum absolute atomic E-state index is 10.4. The molecule has 0 unspecified atom stereocenters. The molecule has 0 radical (unpaired) electrons. The van der Waals surface area contributed by atoms with Crippen LogP contribution in [0.15, 0.2) is 152 Å². The number of hydrogen-bond acceptors (Lipinski definition) is 2. The highest BCUT2D eigenvalue weighted by Crippen LogP contribution is 2.41. The number of nitrogens with zero attached hydrogens (tertiary/aromatic N) is 5. The summed E-state index contributed by atoms with van der Waals surface area (Å²) in [5.41, 5.74) is 11.6. The monoisotopic (exact) mass is 635 g/mol. The Morgan fingerprint density at radius 2 is 1.16 bits per heavy atom. The molecule has 7 aromatic carbocycles. The Bertz CT molecular complexity index is 2900. The lowest BCUT2D eigenvalue weighted by Crippen LogP contribution is -1.99. The Hall–Kier alpha value is -7.39. The first-order valence-electron chi connectivity index (χ1n) is 16.3. The smallest absolute Gasteiger partial charge is 0.189 e. The highest BCUT2D eigenvalue weighted by Gasteiger charge is 2.20. The summed E-state index contributed by atoms with van der Waals surface area (Å²) in [6.07, 6.45) is 0. The summed E-state index contributed by atoms with van der Waals surface area (Å²) in [7, 11) is 0. The Kier molecular flexibility index (Phi) is 6.56. The van der Waals surface area contributed by atoms with E-state index in [2.05, 4.69) is 129 Å². The van der Waals surface area contributed by atoms with E-state index in [1.54, 1.807) is 0 Å². The predicted molar refractivity (Wildman–Crippen MR) is 202 cm³/mol. The van der Waals surface area contributed by atoms with Crippen LogP contribution < -0.4 is 0 Å². The van der Waals surface area contributed by atoms with Crippen LogP contribution in [-0.2, 0) is 0 Å². The van der Waals surface area contributed by atoms with Crippen LogP contribution in [0.3, 0.4) is 0 Å². The van der Waals surface area contributed by atoms with Gasteiger partial charge in [0.15, 0.2) is 5.69 Å². The first-order chi connectivity index (χ1) is 24.7. The van der Waals surface area contributed by atoms with E-state index < -0.39 is 0 Å². The molecule has 0 aliphatic carbocycles. The molecule has 9 rings (SSSR count). The molecule has 0 amide bonds. The van der Waals surface area contributed by atoms with E-state index in [0.717, 1.165) is 66.5 Å². The molecule has 0 bridgehead atoms. The molecule has 50 heavy (non-hydrogen) atoms. The van der Waals surface area contributed by atoms with Crippen LogP contribution in [-0.4, -0.2) is 9.13 Å². The fourth-order valence-corrected chi connectivity index (χ4v) is 7.46. The zero-order chi connectivity index (χ0) is 33.8. The van der Waals surface area contributed by atoms with Crippen molar-refractivity contribution in [3.05, 3.63) is 174 Å². The maximum atomic E-state index is 10.4. The number of para-hydroxylation sites is 3. The van der Waals surface area contributed by atoms with E-state index in [9.17, 15) is 10.5 Å². The summed E-state index contributed by atoms with van der Waals surface area (Å²) < 4.78 is 4.46. The van der Waals surface area contributed by atoms with Gasteiger partial charge in [0.2, 0.25) is 0 Å². The lowest BCUT2D eigenvalue weighted by atomic mass is 9.90. The number of fused-ring (bicyclic) bond motifs is 6. The molecular formula is C45H25N5. The summed E-state index contributed by atoms with van der Waals surface area (Å²) in [5, 5.41) is 24.3. The molecule has 0 spiro atoms. The molecule has 0 saturated carbocycles. The van der Waals surface area contributed by atoms with Crippen molar-refractivity contribution in [1.82, 2.24) is 9.13 Å². The molecule has 0 aliphatic heterocycles. The van der Waals surface area contributed by atoms with Crippen LogP contribution in [0.25, 0.3) is 82.1 Å². The summed E-state index contributed by atoms with van der Waals surface area (Å²) in [5.74, 6) is 0. The third-order valence-corrected chi connectivity index (χ3v) is 9.62. The summed E-state index contributed by atoms with van der Waals surface area (Å²) >= 11 is 0. The minimum atomic E-state index is 0.549. The van der Waals surface area contributed by atoms with Gasteiger partial charge in [-0.05, 0) is 71.8 Å². The number of aromatic nitrogens is 2. The van der Waals surface area contributed by atoms with Crippen LogP contribution in [0.5, 0.6) is 0 Å². The topological polar surface area (TPSA) is 61.8 Å². The van der Waals surface area contributed by atoms with Gasteiger partial charge in [-0.3, -0.25) is 0 Å². The SMILES string of the molecule is [C-]#[N+]c1ccc2c3cc(C#N)ccc3n(-c3ccc(-c4c(C#N)cccc4-c4ccccc4-n4c5ccccc5c5ccccc54)cc3)c2c1. The fourth-order valence-electron chi connectivity index (χ4n) is 7.46. The Balaban J connectivity index is 1.24. The molecular weight excluding hydrogens is 611 g/mol. The van der Waals surface area contributed by atoms with Crippen molar-refractivity contribution in [2.45, 2.75) is 0 Å². The maximum Gasteiger partial charge on any atom is 0.189 e. The van der Waals surface area contributed by atoms with Crippen molar-refractivity contribution in [2.24, 2.45) is 0 Å². The molecule has 0 N–H and O–H groups in total. The largest absolute Gasteiger partial charge is 0.311 e. The van der Waals surface area contributed by atoms with Crippen molar-refractivity contribution in [1.29, 1.82) is 10.5 Å². The number of hydrogen-bond donors (Lipinski definition) is 0. The van der Waals surface area contributed by atoms with Crippen molar-refractivity contribution in [3.8, 4) is 45.8 Å². The van der Waals surface area contributed by atoms with Crippen molar-refractivity contribution < 1.29 is 0 Å². The summed E-state index contributed by atoms with van der Waals surface area (Å²) in [4.78, 5) is 3.68. The van der Waals surface area contributed by atoms with E-state index >= 15 is 0 Å². The standard InChI is InChI=1S/C45H25N5/c1-48-32-20-23-37-39-25-29(27-46)17-24-43(39)49(44(37)26-32)33-21-18-30(19-22-33)45-31(28-47)9-8-13-38(45)36-12-4-7-16-42(36)50-40-14-5-2-10-34(40)35-11-3-6-15-41(35)50/h2-26H. The summed E-state index contributed by atoms with van der Waals surface area (Å²) in [6, 6.07) is 55.7. The van der Waals surface area contributed by atoms with E-state index in [1.807, 2.05) is 48.5 Å². The van der Waals surface area contributed by atoms with Crippen LogP contribution in [0, 0.1) is 29.2 Å². The van der Waals surface area contributed by atoms with Crippen molar-refractivity contribution >= 4 is 49.3 Å². The molecule has 0 saturated heterocycles. The number of rotatable bonds is 4. The van der Waals surface area contributed by atoms with Gasteiger partial charge in [0.1, 0.15) is 0 Å². The number of nitriles is 2. The van der Waals surface area contributed by atoms with Gasteiger partial charge in [0, 0.05) is 43.9 Å². The quantitative estimate of drug-likeness (QED) is 0.181. The van der Waals surface area contributed by atoms with Crippen LogP contribution >= 0.6 is 0 Å². The van der Waals surface area contributed by atoms with Gasteiger partial charge in [-0.1, -0.05) is 91.0 Å². The Labute approximate surface area is 288 Å². The van der Waals surface area contributed by atoms with Gasteiger partial charge in [0.25, 0.3) is 0 Å². The zero-order valence-corrected chi connectivity index (χ0v) is 26.7. The van der Waals surface area contributed by atoms with Gasteiger partial charge >= 0.3 is 0 Å². The van der Waals surface area contributed by atoms with Gasteiger partial charge < -0.3 is 9.13 Å². The Morgan fingerprint density at radius 1 is 0.500 bits per heavy atom. The highest BCUT2D eigenvalue weighted by atomic mass is 15.0. The third-order valence-electron chi connectivity index (χ3n) is 9.62. The van der Waals surface area contributed by atoms with Gasteiger partial charge in [-0.15, -0.1) is 0 Å². The van der Waals surface area contributed by atoms with Crippen LogP contribution in [0.4, 0.5) is 5.69 Å². The Morgan fingerprint density at radius 3 is 1.88 bits per heavy atom. The second-order valence-corrected chi connectivity index (χ2v) is 12.3. The average Bonchev–Trinajstić information content (AvgIpc) is 3.69. The number of benzene rings is 7. The van der Waals surface area contributed by atoms with Crippen molar-refractivity contribution in [2.75, 3.05) is 0 Å². The van der Waals surface area contributed by atoms with E-state index in [-0.39, 0.29) is 0 Å². The normalized spacial score (nSPS) is 11.1. The van der Waals surface area contributed by atoms with Gasteiger partial charge in [0.05, 0.1) is 52.1 Å². The molecule has 2 heterocycles. The first-order valence-corrected chi connectivity index (χ1v) is 16.3. The van der Waals surface area contributed by atoms with Crippen molar-refractivity contribution in [3.63, 3.8) is 0 Å². The molecule has 2 aromatic heterocycles. The second-order valence-electron chi connectivity index (χ2n) is 12.3. The molecule has 0 fully saturated rings. The molecule has 9 aromatic rings. The highest BCUT2D eigenvalue weighted by molar-refractivity contribution is 6.11. The fraction of sp³-hybridized carbons (Fsp3) is 0. The minimum absolute atomic E-state index is 0.549. The van der Waals surface area contributed by atoms with Crippen LogP contribution in [0.1, 0.15) is 11.1 Å². The van der Waals surface area contributed by atoms with E-state index in [0.29, 0.717) is 16.8 Å². The predicted octanol–water partition coefficient (Wildman–Crippen LogP) is 11.5. The lowest BCUT2D eigenvalue weighted by Gasteiger charge is -2.18. The molecule has 0 aliphatic rings. The zero-order valence-electron chi connectivity index (χ0n) is 26.7. The first kappa shape index (κ1) is 28.8. The molecule has 5 heteroatoms.